The molecular formula is C24H20FN3O2. The number of oxazole rings is 1. The van der Waals surface area contributed by atoms with Crippen molar-refractivity contribution in [3.05, 3.63) is 95.6 Å². The molecule has 5 rings (SSSR count). The summed E-state index contributed by atoms with van der Waals surface area (Å²) in [5, 5.41) is 1.00. The molecule has 0 spiro atoms. The van der Waals surface area contributed by atoms with Gasteiger partial charge in [-0.2, -0.15) is 0 Å². The van der Waals surface area contributed by atoms with Crippen LogP contribution < -0.4 is 0 Å². The Morgan fingerprint density at radius 1 is 1.10 bits per heavy atom. The van der Waals surface area contributed by atoms with Crippen molar-refractivity contribution in [3.63, 3.8) is 0 Å². The molecular weight excluding hydrogens is 381 g/mol. The van der Waals surface area contributed by atoms with Crippen LogP contribution in [0.1, 0.15) is 46.6 Å². The fourth-order valence-corrected chi connectivity index (χ4v) is 3.96. The number of nitrogens with zero attached hydrogens (tertiary/aromatic N) is 3. The third-order valence-electron chi connectivity index (χ3n) is 5.48. The molecule has 1 amide bonds. The van der Waals surface area contributed by atoms with Crippen LogP contribution in [0.15, 0.2) is 71.3 Å². The van der Waals surface area contributed by atoms with Gasteiger partial charge in [0, 0.05) is 18.4 Å². The quantitative estimate of drug-likeness (QED) is 0.487. The normalized spacial score (nSPS) is 16.3. The van der Waals surface area contributed by atoms with Crippen molar-refractivity contribution >= 4 is 16.8 Å². The number of para-hydroxylation sites is 1. The van der Waals surface area contributed by atoms with Crippen molar-refractivity contribution in [2.45, 2.75) is 25.3 Å². The van der Waals surface area contributed by atoms with Crippen LogP contribution in [0.5, 0.6) is 0 Å². The minimum absolute atomic E-state index is 0.110. The van der Waals surface area contributed by atoms with E-state index in [2.05, 4.69) is 9.97 Å². The SMILES string of the molecule is O=C(c1ccc2ccccc2n1)N1CCCC1c1ncc(Cc2ccc(F)cc2)o1. The highest BCUT2D eigenvalue weighted by Crippen LogP contribution is 2.33. The molecule has 30 heavy (non-hydrogen) atoms. The summed E-state index contributed by atoms with van der Waals surface area (Å²) in [5.41, 5.74) is 2.18. The predicted molar refractivity (Wildman–Crippen MR) is 110 cm³/mol. The van der Waals surface area contributed by atoms with Gasteiger partial charge in [0.1, 0.15) is 23.3 Å². The number of pyridine rings is 1. The molecule has 0 bridgehead atoms. The van der Waals surface area contributed by atoms with Crippen molar-refractivity contribution in [2.75, 3.05) is 6.54 Å². The molecule has 1 unspecified atom stereocenters. The van der Waals surface area contributed by atoms with Gasteiger partial charge in [-0.1, -0.05) is 36.4 Å². The molecule has 2 aromatic heterocycles. The van der Waals surface area contributed by atoms with E-state index in [9.17, 15) is 9.18 Å². The van der Waals surface area contributed by atoms with E-state index in [1.54, 1.807) is 29.3 Å². The smallest absolute Gasteiger partial charge is 0.273 e. The Morgan fingerprint density at radius 3 is 2.80 bits per heavy atom. The van der Waals surface area contributed by atoms with Gasteiger partial charge in [0.2, 0.25) is 5.89 Å². The molecule has 4 aromatic rings. The van der Waals surface area contributed by atoms with Crippen LogP contribution in [-0.4, -0.2) is 27.3 Å². The zero-order valence-electron chi connectivity index (χ0n) is 16.3. The summed E-state index contributed by atoms with van der Waals surface area (Å²) in [5.74, 6) is 0.861. The molecule has 1 aliphatic rings. The van der Waals surface area contributed by atoms with Gasteiger partial charge in [0.05, 0.1) is 11.7 Å². The van der Waals surface area contributed by atoms with Crippen LogP contribution in [0.2, 0.25) is 0 Å². The molecule has 1 atom stereocenters. The van der Waals surface area contributed by atoms with Gasteiger partial charge in [-0.3, -0.25) is 4.79 Å². The Hall–Kier alpha value is -3.54. The van der Waals surface area contributed by atoms with Gasteiger partial charge in [-0.15, -0.1) is 0 Å². The maximum absolute atomic E-state index is 13.2. The molecule has 0 N–H and O–H groups in total. The summed E-state index contributed by atoms with van der Waals surface area (Å²) >= 11 is 0. The molecule has 2 aromatic carbocycles. The van der Waals surface area contributed by atoms with Gasteiger partial charge in [0.15, 0.2) is 0 Å². The largest absolute Gasteiger partial charge is 0.443 e. The van der Waals surface area contributed by atoms with Crippen molar-refractivity contribution in [3.8, 4) is 0 Å². The van der Waals surface area contributed by atoms with E-state index in [-0.39, 0.29) is 17.8 Å². The van der Waals surface area contributed by atoms with E-state index >= 15 is 0 Å². The molecule has 1 fully saturated rings. The number of fused-ring (bicyclic) bond motifs is 1. The highest BCUT2D eigenvalue weighted by molar-refractivity contribution is 5.95. The van der Waals surface area contributed by atoms with Crippen LogP contribution in [0.4, 0.5) is 4.39 Å². The van der Waals surface area contributed by atoms with Gasteiger partial charge < -0.3 is 9.32 Å². The fraction of sp³-hybridized carbons (Fsp3) is 0.208. The number of halogens is 1. The molecule has 3 heterocycles. The van der Waals surface area contributed by atoms with Gasteiger partial charge in [-0.25, -0.2) is 14.4 Å². The van der Waals surface area contributed by atoms with Crippen LogP contribution in [0, 0.1) is 5.82 Å². The van der Waals surface area contributed by atoms with Crippen LogP contribution >= 0.6 is 0 Å². The van der Waals surface area contributed by atoms with E-state index < -0.39 is 0 Å². The number of rotatable bonds is 4. The first-order valence-corrected chi connectivity index (χ1v) is 10.0. The summed E-state index contributed by atoms with van der Waals surface area (Å²) in [7, 11) is 0. The summed E-state index contributed by atoms with van der Waals surface area (Å²) in [4.78, 5) is 23.9. The minimum atomic E-state index is -0.264. The monoisotopic (exact) mass is 401 g/mol. The Labute approximate surface area is 173 Å². The highest BCUT2D eigenvalue weighted by atomic mass is 19.1. The third-order valence-corrected chi connectivity index (χ3v) is 5.48. The lowest BCUT2D eigenvalue weighted by Crippen LogP contribution is -2.31. The third kappa shape index (κ3) is 3.56. The number of benzene rings is 2. The molecule has 1 saturated heterocycles. The summed E-state index contributed by atoms with van der Waals surface area (Å²) in [6, 6.07) is 17.6. The van der Waals surface area contributed by atoms with Crippen molar-refractivity contribution in [1.82, 2.24) is 14.9 Å². The molecule has 5 nitrogen and oxygen atoms in total. The minimum Gasteiger partial charge on any atom is -0.443 e. The Balaban J connectivity index is 1.36. The Bertz CT molecular complexity index is 1200. The molecule has 0 radical (unpaired) electrons. The molecule has 0 aliphatic carbocycles. The first-order chi connectivity index (χ1) is 14.7. The Kier molecular flexibility index (Phi) is 4.75. The standard InChI is InChI=1S/C24H20FN3O2/c25-18-10-7-16(8-11-18)14-19-15-26-23(30-19)22-6-3-13-28(22)24(29)21-12-9-17-4-1-2-5-20(17)27-21/h1-2,4-5,7-12,15,22H,3,6,13-14H2. The first kappa shape index (κ1) is 18.5. The summed E-state index contributed by atoms with van der Waals surface area (Å²) in [6.45, 7) is 0.647. The number of amides is 1. The molecule has 150 valence electrons. The zero-order chi connectivity index (χ0) is 20.5. The van der Waals surface area contributed by atoms with Crippen LogP contribution in [-0.2, 0) is 6.42 Å². The number of carbonyl (C=O) groups excluding carboxylic acids is 1. The van der Waals surface area contributed by atoms with E-state index in [0.717, 1.165) is 29.3 Å². The van der Waals surface area contributed by atoms with Crippen LogP contribution in [0.3, 0.4) is 0 Å². The van der Waals surface area contributed by atoms with E-state index in [0.29, 0.717) is 30.3 Å². The fourth-order valence-electron chi connectivity index (χ4n) is 3.96. The second-order valence-electron chi connectivity index (χ2n) is 7.51. The molecule has 0 saturated carbocycles. The molecule has 6 heteroatoms. The van der Waals surface area contributed by atoms with E-state index in [4.69, 9.17) is 4.42 Å². The van der Waals surface area contributed by atoms with Gasteiger partial charge in [0.25, 0.3) is 5.91 Å². The number of aromatic nitrogens is 2. The second-order valence-corrected chi connectivity index (χ2v) is 7.51. The second kappa shape index (κ2) is 7.71. The maximum atomic E-state index is 13.2. The summed E-state index contributed by atoms with van der Waals surface area (Å²) < 4.78 is 19.1. The lowest BCUT2D eigenvalue weighted by Gasteiger charge is -2.22. The molecule has 1 aliphatic heterocycles. The average Bonchev–Trinajstić information content (AvgIpc) is 3.44. The maximum Gasteiger partial charge on any atom is 0.273 e. The lowest BCUT2D eigenvalue weighted by molar-refractivity contribution is 0.0709. The average molecular weight is 401 g/mol. The van der Waals surface area contributed by atoms with Gasteiger partial charge >= 0.3 is 0 Å². The summed E-state index contributed by atoms with van der Waals surface area (Å²) in [6.07, 6.45) is 3.91. The van der Waals surface area contributed by atoms with Crippen molar-refractivity contribution in [1.29, 1.82) is 0 Å². The number of likely N-dealkylation sites (tertiary alicyclic amines) is 1. The van der Waals surface area contributed by atoms with Crippen LogP contribution in [0.25, 0.3) is 10.9 Å². The zero-order valence-corrected chi connectivity index (χ0v) is 16.3. The Morgan fingerprint density at radius 2 is 1.93 bits per heavy atom. The van der Waals surface area contributed by atoms with E-state index in [1.165, 1.54) is 12.1 Å². The first-order valence-electron chi connectivity index (χ1n) is 10.0. The topological polar surface area (TPSA) is 59.2 Å². The van der Waals surface area contributed by atoms with Gasteiger partial charge in [-0.05, 0) is 42.7 Å². The highest BCUT2D eigenvalue weighted by Gasteiger charge is 2.34. The predicted octanol–water partition coefficient (Wildman–Crippen LogP) is 4.93. The number of hydrogen-bond donors (Lipinski definition) is 0. The number of carbonyl (C=O) groups is 1. The van der Waals surface area contributed by atoms with Crippen molar-refractivity contribution in [2.24, 2.45) is 0 Å². The lowest BCUT2D eigenvalue weighted by atomic mass is 10.1. The van der Waals surface area contributed by atoms with Crippen molar-refractivity contribution < 1.29 is 13.6 Å². The number of hydrogen-bond acceptors (Lipinski definition) is 4. The van der Waals surface area contributed by atoms with E-state index in [1.807, 2.05) is 30.3 Å².